The molecule has 5 nitrogen and oxygen atoms in total. The van der Waals surface area contributed by atoms with Crippen molar-refractivity contribution in [2.75, 3.05) is 7.11 Å². The lowest BCUT2D eigenvalue weighted by molar-refractivity contribution is 0.283. The number of hydrogen-bond acceptors (Lipinski definition) is 5. The van der Waals surface area contributed by atoms with Crippen LogP contribution in [0.15, 0.2) is 123 Å². The van der Waals surface area contributed by atoms with Gasteiger partial charge in [-0.15, -0.1) is 0 Å². The molecule has 0 fully saturated rings. The van der Waals surface area contributed by atoms with E-state index in [-0.39, 0.29) is 17.4 Å². The lowest BCUT2D eigenvalue weighted by atomic mass is 9.83. The third-order valence-corrected chi connectivity index (χ3v) is 10.4. The molecule has 0 saturated heterocycles. The fraction of sp³-hybridized carbons (Fsp3) is 0.128. The van der Waals surface area contributed by atoms with Crippen LogP contribution < -0.4 is 24.4 Å². The van der Waals surface area contributed by atoms with E-state index in [9.17, 15) is 9.18 Å². The molecule has 2 heterocycles. The molecule has 6 aromatic rings. The van der Waals surface area contributed by atoms with Gasteiger partial charge in [-0.3, -0.25) is 9.36 Å². The minimum absolute atomic E-state index is 0.139. The molecular formula is C39H28BrFN2O3S. The first kappa shape index (κ1) is 29.6. The average molecular weight is 704 g/mol. The number of halogens is 2. The molecule has 2 aliphatic rings. The molecule has 0 unspecified atom stereocenters. The van der Waals surface area contributed by atoms with E-state index in [0.29, 0.717) is 31.9 Å². The van der Waals surface area contributed by atoms with Crippen LogP contribution in [0.1, 0.15) is 40.3 Å². The number of aryl methyl sites for hydroxylation is 1. The van der Waals surface area contributed by atoms with Gasteiger partial charge in [-0.25, -0.2) is 9.38 Å². The van der Waals surface area contributed by atoms with Crippen molar-refractivity contribution in [1.29, 1.82) is 0 Å². The first-order valence-electron chi connectivity index (χ1n) is 15.3. The van der Waals surface area contributed by atoms with Crippen LogP contribution in [0, 0.1) is 5.82 Å². The second kappa shape index (κ2) is 12.1. The first-order chi connectivity index (χ1) is 23.0. The van der Waals surface area contributed by atoms with Crippen molar-refractivity contribution in [2.45, 2.75) is 25.5 Å². The number of fused-ring (bicyclic) bond motifs is 4. The molecule has 8 heteroatoms. The number of allylic oxidation sites excluding steroid dienone is 1. The second-order valence-electron chi connectivity index (χ2n) is 11.6. The third kappa shape index (κ3) is 5.31. The van der Waals surface area contributed by atoms with E-state index in [1.165, 1.54) is 29.0 Å². The highest BCUT2D eigenvalue weighted by Gasteiger charge is 2.32. The standard InChI is InChI=1S/C39H28BrFN2O3S/c1-45-33-20-23(19-32(40)37(33)46-22-27-10-6-9-24-7-2-4-11-29(24)27)21-34-38(44)43-36(26-13-16-28(41)17-14-26)31-18-15-25-8-3-5-12-30(25)35(31)42-39(43)47-34/h2-14,16-17,19-21,36H,15,18,22H2,1H3/b34-21+/t36-/m1/s1. The molecule has 0 spiro atoms. The van der Waals surface area contributed by atoms with Crippen molar-refractivity contribution in [1.82, 2.24) is 4.57 Å². The Morgan fingerprint density at radius 3 is 2.62 bits per heavy atom. The van der Waals surface area contributed by atoms with Crippen molar-refractivity contribution < 1.29 is 13.9 Å². The smallest absolute Gasteiger partial charge is 0.271 e. The van der Waals surface area contributed by atoms with Crippen LogP contribution in [0.5, 0.6) is 11.5 Å². The Morgan fingerprint density at radius 2 is 1.77 bits per heavy atom. The molecule has 1 aliphatic carbocycles. The van der Waals surface area contributed by atoms with Gasteiger partial charge in [0.25, 0.3) is 5.56 Å². The largest absolute Gasteiger partial charge is 0.493 e. The molecule has 0 saturated carbocycles. The number of thiazole rings is 1. The highest BCUT2D eigenvalue weighted by molar-refractivity contribution is 9.10. The van der Waals surface area contributed by atoms with Crippen LogP contribution in [0.4, 0.5) is 4.39 Å². The van der Waals surface area contributed by atoms with Crippen LogP contribution in [0.3, 0.4) is 0 Å². The van der Waals surface area contributed by atoms with E-state index in [4.69, 9.17) is 14.5 Å². The summed E-state index contributed by atoms with van der Waals surface area (Å²) >= 11 is 5.05. The number of benzene rings is 5. The van der Waals surface area contributed by atoms with E-state index in [1.54, 1.807) is 23.8 Å². The van der Waals surface area contributed by atoms with Gasteiger partial charge in [0, 0.05) is 5.56 Å². The van der Waals surface area contributed by atoms with Crippen LogP contribution in [0.25, 0.3) is 22.5 Å². The van der Waals surface area contributed by atoms with Crippen molar-refractivity contribution in [3.63, 3.8) is 0 Å². The Bertz CT molecular complexity index is 2410. The fourth-order valence-corrected chi connectivity index (χ4v) is 8.23. The van der Waals surface area contributed by atoms with E-state index in [2.05, 4.69) is 52.3 Å². The predicted octanol–water partition coefficient (Wildman–Crippen LogP) is 7.96. The Balaban J connectivity index is 1.20. The van der Waals surface area contributed by atoms with Gasteiger partial charge in [0.15, 0.2) is 16.3 Å². The quantitative estimate of drug-likeness (QED) is 0.177. The predicted molar refractivity (Wildman–Crippen MR) is 188 cm³/mol. The van der Waals surface area contributed by atoms with Crippen LogP contribution in [0.2, 0.25) is 0 Å². The maximum Gasteiger partial charge on any atom is 0.271 e. The number of rotatable bonds is 6. The monoisotopic (exact) mass is 702 g/mol. The maximum absolute atomic E-state index is 14.2. The third-order valence-electron chi connectivity index (χ3n) is 8.86. The zero-order valence-corrected chi connectivity index (χ0v) is 27.8. The topological polar surface area (TPSA) is 52.8 Å². The van der Waals surface area contributed by atoms with Gasteiger partial charge >= 0.3 is 0 Å². The summed E-state index contributed by atoms with van der Waals surface area (Å²) in [6, 6.07) is 32.6. The molecule has 0 bridgehead atoms. The van der Waals surface area contributed by atoms with Gasteiger partial charge in [-0.2, -0.15) is 0 Å². The number of aromatic nitrogens is 1. The van der Waals surface area contributed by atoms with Crippen molar-refractivity contribution in [3.05, 3.63) is 166 Å². The summed E-state index contributed by atoms with van der Waals surface area (Å²) < 4.78 is 29.1. The summed E-state index contributed by atoms with van der Waals surface area (Å²) in [6.45, 7) is 0.367. The summed E-state index contributed by atoms with van der Waals surface area (Å²) in [5, 5.41) is 2.30. The highest BCUT2D eigenvalue weighted by atomic mass is 79.9. The summed E-state index contributed by atoms with van der Waals surface area (Å²) in [5.74, 6) is 0.824. The molecule has 0 radical (unpaired) electrons. The Kier molecular flexibility index (Phi) is 7.62. The summed E-state index contributed by atoms with van der Waals surface area (Å²) in [5.41, 5.74) is 6.89. The van der Waals surface area contributed by atoms with E-state index in [0.717, 1.165) is 57.1 Å². The Hall–Kier alpha value is -4.79. The normalized spacial score (nSPS) is 15.6. The maximum atomic E-state index is 14.2. The number of hydrogen-bond donors (Lipinski definition) is 0. The van der Waals surface area contributed by atoms with E-state index in [1.807, 2.05) is 48.5 Å². The summed E-state index contributed by atoms with van der Waals surface area (Å²) in [7, 11) is 1.61. The zero-order valence-electron chi connectivity index (χ0n) is 25.4. The second-order valence-corrected chi connectivity index (χ2v) is 13.5. The molecule has 0 amide bonds. The van der Waals surface area contributed by atoms with Crippen LogP contribution >= 0.6 is 27.3 Å². The van der Waals surface area contributed by atoms with E-state index >= 15 is 0 Å². The minimum atomic E-state index is -0.372. The molecular weight excluding hydrogens is 675 g/mol. The minimum Gasteiger partial charge on any atom is -0.493 e. The lowest BCUT2D eigenvalue weighted by Gasteiger charge is -2.30. The van der Waals surface area contributed by atoms with Crippen LogP contribution in [-0.2, 0) is 13.0 Å². The Labute approximate surface area is 282 Å². The molecule has 47 heavy (non-hydrogen) atoms. The molecule has 1 atom stereocenters. The Morgan fingerprint density at radius 1 is 0.979 bits per heavy atom. The fourth-order valence-electron chi connectivity index (χ4n) is 6.65. The average Bonchev–Trinajstić information content (AvgIpc) is 3.40. The van der Waals surface area contributed by atoms with Crippen molar-refractivity contribution in [3.8, 4) is 11.5 Å². The lowest BCUT2D eigenvalue weighted by Crippen LogP contribution is -2.38. The molecule has 232 valence electrons. The van der Waals surface area contributed by atoms with Crippen molar-refractivity contribution in [2.24, 2.45) is 4.99 Å². The van der Waals surface area contributed by atoms with Gasteiger partial charge in [0.2, 0.25) is 0 Å². The number of nitrogens with zero attached hydrogens (tertiary/aromatic N) is 2. The molecule has 1 aromatic heterocycles. The van der Waals surface area contributed by atoms with Gasteiger partial charge < -0.3 is 9.47 Å². The molecule has 0 N–H and O–H groups in total. The van der Waals surface area contributed by atoms with Gasteiger partial charge in [0.05, 0.1) is 27.9 Å². The van der Waals surface area contributed by atoms with Gasteiger partial charge in [-0.05, 0) is 97.7 Å². The SMILES string of the molecule is COc1cc(/C=c2/sc3n(c2=O)[C@H](c2ccc(F)cc2)C2=C(N=3)c3ccccc3CC2)cc(Br)c1OCc1cccc2ccccc12. The highest BCUT2D eigenvalue weighted by Crippen LogP contribution is 2.41. The molecule has 1 aliphatic heterocycles. The molecule has 8 rings (SSSR count). The van der Waals surface area contributed by atoms with Crippen LogP contribution in [-0.4, -0.2) is 11.7 Å². The zero-order chi connectivity index (χ0) is 32.1. The van der Waals surface area contributed by atoms with Crippen molar-refractivity contribution >= 4 is 49.8 Å². The molecule has 5 aromatic carbocycles. The van der Waals surface area contributed by atoms with E-state index < -0.39 is 0 Å². The summed E-state index contributed by atoms with van der Waals surface area (Å²) in [4.78, 5) is 19.9. The van der Waals surface area contributed by atoms with Gasteiger partial charge in [0.1, 0.15) is 12.4 Å². The number of ether oxygens (including phenoxy) is 2. The number of methoxy groups -OCH3 is 1. The first-order valence-corrected chi connectivity index (χ1v) is 16.9. The summed E-state index contributed by atoms with van der Waals surface area (Å²) in [6.07, 6.45) is 3.49. The van der Waals surface area contributed by atoms with Gasteiger partial charge in [-0.1, -0.05) is 90.2 Å².